The van der Waals surface area contributed by atoms with Crippen LogP contribution in [0.3, 0.4) is 0 Å². The third kappa shape index (κ3) is 2.04. The molecule has 19 heavy (non-hydrogen) atoms. The van der Waals surface area contributed by atoms with E-state index in [1.807, 2.05) is 36.7 Å². The summed E-state index contributed by atoms with van der Waals surface area (Å²) in [6.07, 6.45) is 0. The Morgan fingerprint density at radius 1 is 1.37 bits per heavy atom. The predicted molar refractivity (Wildman–Crippen MR) is 79.5 cm³/mol. The van der Waals surface area contributed by atoms with E-state index in [0.717, 1.165) is 32.4 Å². The second kappa shape index (κ2) is 4.59. The number of nitrogens with zero attached hydrogens (tertiary/aromatic N) is 3. The average molecular weight is 293 g/mol. The van der Waals surface area contributed by atoms with Crippen LogP contribution in [0.2, 0.25) is 5.02 Å². The number of benzene rings is 1. The highest BCUT2D eigenvalue weighted by Gasteiger charge is 2.16. The zero-order valence-electron chi connectivity index (χ0n) is 10.6. The number of thiazole rings is 1. The first kappa shape index (κ1) is 12.6. The van der Waals surface area contributed by atoms with Crippen molar-refractivity contribution in [3.8, 4) is 10.7 Å². The summed E-state index contributed by atoms with van der Waals surface area (Å²) < 4.78 is 2.04. The molecular weight excluding hydrogens is 280 g/mol. The van der Waals surface area contributed by atoms with Gasteiger partial charge in [0.2, 0.25) is 0 Å². The normalized spacial score (nSPS) is 11.4. The minimum atomic E-state index is 0.460. The van der Waals surface area contributed by atoms with Crippen molar-refractivity contribution in [1.29, 1.82) is 0 Å². The fraction of sp³-hybridized carbons (Fsp3) is 0.231. The molecule has 3 aromatic rings. The lowest BCUT2D eigenvalue weighted by molar-refractivity contribution is 0.958. The molecule has 0 atom stereocenters. The predicted octanol–water partition coefficient (Wildman–Crippen LogP) is 3.12. The van der Waals surface area contributed by atoms with Gasteiger partial charge < -0.3 is 10.3 Å². The van der Waals surface area contributed by atoms with Gasteiger partial charge in [-0.3, -0.25) is 0 Å². The second-order valence-corrected chi connectivity index (χ2v) is 5.87. The lowest BCUT2D eigenvalue weighted by Gasteiger charge is -2.00. The first-order chi connectivity index (χ1) is 9.10. The summed E-state index contributed by atoms with van der Waals surface area (Å²) in [6.45, 7) is 2.44. The number of nitrogens with two attached hydrogens (primary N) is 1. The van der Waals surface area contributed by atoms with Crippen molar-refractivity contribution in [3.63, 3.8) is 0 Å². The van der Waals surface area contributed by atoms with Gasteiger partial charge in [-0.1, -0.05) is 11.6 Å². The van der Waals surface area contributed by atoms with Crippen LogP contribution in [0.25, 0.3) is 21.7 Å². The maximum atomic E-state index is 6.04. The number of rotatable bonds is 2. The van der Waals surface area contributed by atoms with Gasteiger partial charge in [-0.25, -0.2) is 9.97 Å². The molecule has 3 rings (SSSR count). The molecule has 0 aliphatic rings. The van der Waals surface area contributed by atoms with E-state index in [1.54, 1.807) is 11.3 Å². The van der Waals surface area contributed by atoms with Crippen LogP contribution in [0.5, 0.6) is 0 Å². The largest absolute Gasteiger partial charge is 0.326 e. The molecule has 6 heteroatoms. The Balaban J connectivity index is 2.24. The smallest absolute Gasteiger partial charge is 0.152 e. The van der Waals surface area contributed by atoms with Gasteiger partial charge in [0.15, 0.2) is 5.82 Å². The molecule has 0 aliphatic carbocycles. The molecule has 2 heterocycles. The molecule has 98 valence electrons. The first-order valence-corrected chi connectivity index (χ1v) is 7.08. The molecule has 0 saturated heterocycles. The molecule has 0 fully saturated rings. The van der Waals surface area contributed by atoms with Crippen LogP contribution in [0.15, 0.2) is 18.2 Å². The van der Waals surface area contributed by atoms with E-state index in [4.69, 9.17) is 17.3 Å². The average Bonchev–Trinajstić information content (AvgIpc) is 2.91. The maximum Gasteiger partial charge on any atom is 0.152 e. The fourth-order valence-electron chi connectivity index (χ4n) is 2.11. The summed E-state index contributed by atoms with van der Waals surface area (Å²) in [5.74, 6) is 0.909. The second-order valence-electron chi connectivity index (χ2n) is 4.35. The number of fused-ring (bicyclic) bond motifs is 1. The van der Waals surface area contributed by atoms with Crippen molar-refractivity contribution < 1.29 is 0 Å². The van der Waals surface area contributed by atoms with Crippen LogP contribution in [-0.2, 0) is 13.6 Å². The number of halogens is 1. The highest BCUT2D eigenvalue weighted by molar-refractivity contribution is 7.15. The summed E-state index contributed by atoms with van der Waals surface area (Å²) in [4.78, 5) is 10.2. The third-order valence-electron chi connectivity index (χ3n) is 3.06. The summed E-state index contributed by atoms with van der Waals surface area (Å²) in [6, 6.07) is 5.71. The molecule has 0 unspecified atom stereocenters. The van der Waals surface area contributed by atoms with E-state index >= 15 is 0 Å². The Labute approximate surface area is 119 Å². The lowest BCUT2D eigenvalue weighted by atomic mass is 10.3. The maximum absolute atomic E-state index is 6.04. The zero-order valence-corrected chi connectivity index (χ0v) is 12.2. The SMILES string of the molecule is Cc1nc(CN)sc1-c1nc2ccc(Cl)cc2n1C. The van der Waals surface area contributed by atoms with Crippen LogP contribution in [0.4, 0.5) is 0 Å². The Bertz CT molecular complexity index is 759. The summed E-state index contributed by atoms with van der Waals surface area (Å²) >= 11 is 7.63. The van der Waals surface area contributed by atoms with Crippen LogP contribution in [-0.4, -0.2) is 14.5 Å². The Kier molecular flexibility index (Phi) is 3.05. The molecule has 0 bridgehead atoms. The highest BCUT2D eigenvalue weighted by Crippen LogP contribution is 2.31. The van der Waals surface area contributed by atoms with Gasteiger partial charge >= 0.3 is 0 Å². The van der Waals surface area contributed by atoms with E-state index in [9.17, 15) is 0 Å². The molecule has 4 nitrogen and oxygen atoms in total. The number of hydrogen-bond acceptors (Lipinski definition) is 4. The summed E-state index contributed by atoms with van der Waals surface area (Å²) in [5, 5.41) is 1.64. The molecule has 0 saturated carbocycles. The van der Waals surface area contributed by atoms with Gasteiger partial charge in [0.1, 0.15) is 5.01 Å². The van der Waals surface area contributed by atoms with E-state index in [1.165, 1.54) is 0 Å². The monoisotopic (exact) mass is 292 g/mol. The minimum Gasteiger partial charge on any atom is -0.326 e. The molecular formula is C13H13ClN4S. The van der Waals surface area contributed by atoms with Crippen LogP contribution >= 0.6 is 22.9 Å². The van der Waals surface area contributed by atoms with Gasteiger partial charge in [0.25, 0.3) is 0 Å². The van der Waals surface area contributed by atoms with Gasteiger partial charge in [-0.05, 0) is 25.1 Å². The number of aromatic nitrogens is 3. The number of imidazole rings is 1. The molecule has 0 radical (unpaired) electrons. The Morgan fingerprint density at radius 3 is 2.84 bits per heavy atom. The fourth-order valence-corrected chi connectivity index (χ4v) is 3.25. The number of aryl methyl sites for hydroxylation is 2. The van der Waals surface area contributed by atoms with Crippen LogP contribution < -0.4 is 5.73 Å². The van der Waals surface area contributed by atoms with E-state index in [2.05, 4.69) is 9.97 Å². The van der Waals surface area contributed by atoms with Gasteiger partial charge in [-0.2, -0.15) is 0 Å². The van der Waals surface area contributed by atoms with Crippen molar-refractivity contribution in [2.75, 3.05) is 0 Å². The van der Waals surface area contributed by atoms with Crippen molar-refractivity contribution in [2.24, 2.45) is 12.8 Å². The van der Waals surface area contributed by atoms with E-state index in [0.29, 0.717) is 11.6 Å². The number of hydrogen-bond donors (Lipinski definition) is 1. The molecule has 1 aromatic carbocycles. The first-order valence-electron chi connectivity index (χ1n) is 5.89. The van der Waals surface area contributed by atoms with Crippen molar-refractivity contribution >= 4 is 34.0 Å². The Morgan fingerprint density at radius 2 is 2.16 bits per heavy atom. The van der Waals surface area contributed by atoms with Crippen LogP contribution in [0.1, 0.15) is 10.7 Å². The standard InChI is InChI=1S/C13H13ClN4S/c1-7-12(19-11(6-15)16-7)13-17-9-4-3-8(14)5-10(9)18(13)2/h3-5H,6,15H2,1-2H3. The van der Waals surface area contributed by atoms with Crippen molar-refractivity contribution in [1.82, 2.24) is 14.5 Å². The van der Waals surface area contributed by atoms with Crippen molar-refractivity contribution in [2.45, 2.75) is 13.5 Å². The van der Waals surface area contributed by atoms with E-state index in [-0.39, 0.29) is 0 Å². The quantitative estimate of drug-likeness (QED) is 0.789. The Hall–Kier alpha value is -1.43. The topological polar surface area (TPSA) is 56.7 Å². The highest BCUT2D eigenvalue weighted by atomic mass is 35.5. The lowest BCUT2D eigenvalue weighted by Crippen LogP contribution is -1.94. The van der Waals surface area contributed by atoms with E-state index < -0.39 is 0 Å². The molecule has 2 aromatic heterocycles. The third-order valence-corrected chi connectivity index (χ3v) is 4.47. The summed E-state index contributed by atoms with van der Waals surface area (Å²) in [5.41, 5.74) is 8.57. The van der Waals surface area contributed by atoms with Crippen LogP contribution in [0, 0.1) is 6.92 Å². The molecule has 0 amide bonds. The minimum absolute atomic E-state index is 0.460. The molecule has 0 aliphatic heterocycles. The summed E-state index contributed by atoms with van der Waals surface area (Å²) in [7, 11) is 1.99. The van der Waals surface area contributed by atoms with Crippen molar-refractivity contribution in [3.05, 3.63) is 33.9 Å². The van der Waals surface area contributed by atoms with Gasteiger partial charge in [0, 0.05) is 18.6 Å². The molecule has 2 N–H and O–H groups in total. The molecule has 0 spiro atoms. The zero-order chi connectivity index (χ0) is 13.6. The van der Waals surface area contributed by atoms with Gasteiger partial charge in [0.05, 0.1) is 21.6 Å². The van der Waals surface area contributed by atoms with Gasteiger partial charge in [-0.15, -0.1) is 11.3 Å².